The number of hydrogen-bond donors (Lipinski definition) is 1. The van der Waals surface area contributed by atoms with E-state index < -0.39 is 8.56 Å². The summed E-state index contributed by atoms with van der Waals surface area (Å²) in [6, 6.07) is 1.03. The molecule has 0 spiro atoms. The second-order valence-corrected chi connectivity index (χ2v) is 8.36. The zero-order chi connectivity index (χ0) is 13.3. The standard InChI is InChI=1S/C12H27NO4Si/c1-14-18(3,15-2)9-5-7-13-6-4-8-16-10-12-11-17-12/h12-13H,4-11H2,1-3H3. The minimum Gasteiger partial charge on any atom is -0.398 e. The largest absolute Gasteiger partial charge is 0.398 e. The topological polar surface area (TPSA) is 52.2 Å². The van der Waals surface area contributed by atoms with Crippen LogP contribution in [-0.2, 0) is 18.3 Å². The van der Waals surface area contributed by atoms with Crippen LogP contribution in [-0.4, -0.2) is 61.8 Å². The summed E-state index contributed by atoms with van der Waals surface area (Å²) < 4.78 is 21.4. The van der Waals surface area contributed by atoms with Crippen LogP contribution >= 0.6 is 0 Å². The molecule has 1 heterocycles. The van der Waals surface area contributed by atoms with Crippen LogP contribution < -0.4 is 5.32 Å². The van der Waals surface area contributed by atoms with Gasteiger partial charge in [-0.15, -0.1) is 0 Å². The van der Waals surface area contributed by atoms with Gasteiger partial charge in [0.25, 0.3) is 0 Å². The molecule has 108 valence electrons. The van der Waals surface area contributed by atoms with Gasteiger partial charge in [-0.3, -0.25) is 0 Å². The Morgan fingerprint density at radius 1 is 1.22 bits per heavy atom. The molecule has 1 aliphatic heterocycles. The van der Waals surface area contributed by atoms with Crippen molar-refractivity contribution in [3.05, 3.63) is 0 Å². The van der Waals surface area contributed by atoms with Gasteiger partial charge in [0, 0.05) is 20.8 Å². The molecule has 0 aromatic rings. The van der Waals surface area contributed by atoms with Crippen LogP contribution in [0.4, 0.5) is 0 Å². The van der Waals surface area contributed by atoms with Crippen LogP contribution in [0.15, 0.2) is 0 Å². The number of nitrogens with one attached hydrogen (secondary N) is 1. The molecule has 1 rings (SSSR count). The lowest BCUT2D eigenvalue weighted by atomic mass is 10.4. The summed E-state index contributed by atoms with van der Waals surface area (Å²) >= 11 is 0. The molecule has 0 saturated carbocycles. The molecule has 1 aliphatic rings. The van der Waals surface area contributed by atoms with Crippen LogP contribution in [0, 0.1) is 0 Å². The molecular weight excluding hydrogens is 250 g/mol. The van der Waals surface area contributed by atoms with Gasteiger partial charge < -0.3 is 23.6 Å². The molecule has 1 saturated heterocycles. The smallest absolute Gasteiger partial charge is 0.334 e. The van der Waals surface area contributed by atoms with Gasteiger partial charge in [-0.2, -0.15) is 0 Å². The Hall–Kier alpha value is 0.0169. The fourth-order valence-electron chi connectivity index (χ4n) is 1.63. The van der Waals surface area contributed by atoms with E-state index in [1.165, 1.54) is 0 Å². The normalized spacial score (nSPS) is 19.2. The average molecular weight is 277 g/mol. The molecule has 1 fully saturated rings. The summed E-state index contributed by atoms with van der Waals surface area (Å²) in [6.07, 6.45) is 2.53. The van der Waals surface area contributed by atoms with Crippen molar-refractivity contribution in [2.45, 2.75) is 31.5 Å². The highest BCUT2D eigenvalue weighted by Crippen LogP contribution is 2.12. The first-order chi connectivity index (χ1) is 8.70. The molecule has 0 amide bonds. The van der Waals surface area contributed by atoms with Crippen molar-refractivity contribution in [1.29, 1.82) is 0 Å². The summed E-state index contributed by atoms with van der Waals surface area (Å²) in [4.78, 5) is 0. The van der Waals surface area contributed by atoms with Gasteiger partial charge in [0.15, 0.2) is 0 Å². The van der Waals surface area contributed by atoms with Crippen LogP contribution in [0.5, 0.6) is 0 Å². The highest BCUT2D eigenvalue weighted by atomic mass is 28.4. The van der Waals surface area contributed by atoms with E-state index in [-0.39, 0.29) is 0 Å². The molecule has 6 heteroatoms. The van der Waals surface area contributed by atoms with Crippen molar-refractivity contribution in [2.24, 2.45) is 0 Å². The summed E-state index contributed by atoms with van der Waals surface area (Å²) in [5, 5.41) is 3.41. The van der Waals surface area contributed by atoms with Crippen LogP contribution in [0.1, 0.15) is 12.8 Å². The van der Waals surface area contributed by atoms with Crippen molar-refractivity contribution in [2.75, 3.05) is 47.1 Å². The van der Waals surface area contributed by atoms with E-state index in [1.807, 2.05) is 0 Å². The zero-order valence-electron chi connectivity index (χ0n) is 11.9. The monoisotopic (exact) mass is 277 g/mol. The second-order valence-electron chi connectivity index (χ2n) is 4.78. The molecular formula is C12H27NO4Si. The van der Waals surface area contributed by atoms with Crippen molar-refractivity contribution in [3.63, 3.8) is 0 Å². The van der Waals surface area contributed by atoms with E-state index in [1.54, 1.807) is 14.2 Å². The summed E-state index contributed by atoms with van der Waals surface area (Å²) in [5.41, 5.74) is 0. The third-order valence-corrected chi connectivity index (χ3v) is 6.19. The van der Waals surface area contributed by atoms with E-state index in [9.17, 15) is 0 Å². The summed E-state index contributed by atoms with van der Waals surface area (Å²) in [5.74, 6) is 0. The van der Waals surface area contributed by atoms with Crippen LogP contribution in [0.2, 0.25) is 12.6 Å². The Kier molecular flexibility index (Phi) is 8.04. The van der Waals surface area contributed by atoms with Crippen molar-refractivity contribution in [3.8, 4) is 0 Å². The average Bonchev–Trinajstić information content (AvgIpc) is 3.20. The maximum Gasteiger partial charge on any atom is 0.334 e. The minimum atomic E-state index is -1.86. The maximum atomic E-state index is 5.46. The third kappa shape index (κ3) is 7.45. The molecule has 0 bridgehead atoms. The van der Waals surface area contributed by atoms with E-state index in [0.717, 1.165) is 51.8 Å². The molecule has 18 heavy (non-hydrogen) atoms. The fraction of sp³-hybridized carbons (Fsp3) is 1.00. The van der Waals surface area contributed by atoms with Gasteiger partial charge in [-0.05, 0) is 38.5 Å². The maximum absolute atomic E-state index is 5.46. The quantitative estimate of drug-likeness (QED) is 0.329. The predicted molar refractivity (Wildman–Crippen MR) is 73.1 cm³/mol. The van der Waals surface area contributed by atoms with Gasteiger partial charge in [0.1, 0.15) is 6.10 Å². The highest BCUT2D eigenvalue weighted by molar-refractivity contribution is 6.65. The van der Waals surface area contributed by atoms with E-state index in [2.05, 4.69) is 11.9 Å². The third-order valence-electron chi connectivity index (χ3n) is 3.20. The number of hydrogen-bond acceptors (Lipinski definition) is 5. The van der Waals surface area contributed by atoms with Gasteiger partial charge in [0.05, 0.1) is 13.2 Å². The second kappa shape index (κ2) is 9.01. The van der Waals surface area contributed by atoms with E-state index in [4.69, 9.17) is 18.3 Å². The van der Waals surface area contributed by atoms with Gasteiger partial charge in [-0.25, -0.2) is 0 Å². The zero-order valence-corrected chi connectivity index (χ0v) is 12.9. The minimum absolute atomic E-state index is 0.378. The Balaban J connectivity index is 1.79. The Labute approximate surface area is 111 Å². The molecule has 1 unspecified atom stereocenters. The SMILES string of the molecule is CO[Si](C)(CCCNCCCOCC1CO1)OC. The molecule has 0 aromatic carbocycles. The van der Waals surface area contributed by atoms with Crippen molar-refractivity contribution in [1.82, 2.24) is 5.32 Å². The predicted octanol–water partition coefficient (Wildman–Crippen LogP) is 1.14. The molecule has 1 N–H and O–H groups in total. The molecule has 0 radical (unpaired) electrons. The lowest BCUT2D eigenvalue weighted by Gasteiger charge is -2.22. The Bertz CT molecular complexity index is 210. The highest BCUT2D eigenvalue weighted by Gasteiger charge is 2.27. The number of ether oxygens (including phenoxy) is 2. The molecule has 0 aliphatic carbocycles. The van der Waals surface area contributed by atoms with Crippen LogP contribution in [0.3, 0.4) is 0 Å². The fourth-order valence-corrected chi connectivity index (χ4v) is 3.02. The Morgan fingerprint density at radius 2 is 1.89 bits per heavy atom. The van der Waals surface area contributed by atoms with Gasteiger partial charge in [0.2, 0.25) is 0 Å². The van der Waals surface area contributed by atoms with Crippen LogP contribution in [0.25, 0.3) is 0 Å². The molecule has 0 aromatic heterocycles. The first-order valence-corrected chi connectivity index (χ1v) is 9.23. The van der Waals surface area contributed by atoms with Gasteiger partial charge in [-0.1, -0.05) is 0 Å². The first-order valence-electron chi connectivity index (χ1n) is 6.70. The first kappa shape index (κ1) is 16.1. The summed E-state index contributed by atoms with van der Waals surface area (Å²) in [7, 11) is 1.62. The summed E-state index contributed by atoms with van der Waals surface area (Å²) in [6.45, 7) is 6.56. The van der Waals surface area contributed by atoms with E-state index >= 15 is 0 Å². The lowest BCUT2D eigenvalue weighted by Crippen LogP contribution is -2.36. The molecule has 1 atom stereocenters. The Morgan fingerprint density at radius 3 is 2.50 bits per heavy atom. The van der Waals surface area contributed by atoms with Crippen molar-refractivity contribution >= 4 is 8.56 Å². The van der Waals surface area contributed by atoms with E-state index in [0.29, 0.717) is 6.10 Å². The molecule has 5 nitrogen and oxygen atoms in total. The number of epoxide rings is 1. The van der Waals surface area contributed by atoms with Gasteiger partial charge >= 0.3 is 8.56 Å². The lowest BCUT2D eigenvalue weighted by molar-refractivity contribution is 0.114. The number of rotatable bonds is 12. The van der Waals surface area contributed by atoms with Crippen molar-refractivity contribution < 1.29 is 18.3 Å².